The van der Waals surface area contributed by atoms with E-state index in [1.165, 1.54) is 12.0 Å². The molecular weight excluding hydrogens is 338 g/mol. The van der Waals surface area contributed by atoms with E-state index in [1.54, 1.807) is 11.3 Å². The van der Waals surface area contributed by atoms with Crippen LogP contribution in [-0.4, -0.2) is 13.1 Å². The van der Waals surface area contributed by atoms with E-state index in [1.807, 2.05) is 48.7 Å². The summed E-state index contributed by atoms with van der Waals surface area (Å²) in [5.74, 6) is -0.295. The molecule has 0 fully saturated rings. The third-order valence-corrected chi connectivity index (χ3v) is 4.62. The fourth-order valence-corrected chi connectivity index (χ4v) is 2.87. The van der Waals surface area contributed by atoms with Crippen LogP contribution in [0.1, 0.15) is 17.4 Å². The number of carbonyl (C=O) groups excluding carboxylic acids is 1. The summed E-state index contributed by atoms with van der Waals surface area (Å²) < 4.78 is 5.94. The number of rotatable bonds is 5. The van der Waals surface area contributed by atoms with Gasteiger partial charge >= 0.3 is 5.97 Å². The Bertz CT molecular complexity index is 568. The maximum atomic E-state index is 12.2. The predicted molar refractivity (Wildman–Crippen MR) is 84.7 cm³/mol. The summed E-state index contributed by atoms with van der Waals surface area (Å²) in [5, 5.41) is 5.33. The lowest BCUT2D eigenvalue weighted by Gasteiger charge is -2.28. The number of ether oxygens (including phenoxy) is 1. The van der Waals surface area contributed by atoms with E-state index in [0.717, 1.165) is 10.0 Å². The lowest BCUT2D eigenvalue weighted by Crippen LogP contribution is -2.46. The van der Waals surface area contributed by atoms with Crippen LogP contribution in [0.2, 0.25) is 0 Å². The molecule has 0 saturated carbocycles. The van der Waals surface area contributed by atoms with Crippen molar-refractivity contribution in [3.05, 3.63) is 56.7 Å². The fraction of sp³-hybridized carbons (Fsp3) is 0.267. The molecule has 1 aromatic carbocycles. The van der Waals surface area contributed by atoms with Gasteiger partial charge in [0.05, 0.1) is 7.11 Å². The first-order valence-corrected chi connectivity index (χ1v) is 7.85. The van der Waals surface area contributed by atoms with Gasteiger partial charge < -0.3 is 4.74 Å². The predicted octanol–water partition coefficient (Wildman–Crippen LogP) is 3.69. The maximum Gasteiger partial charge on any atom is 0.330 e. The average Bonchev–Trinajstić information content (AvgIpc) is 2.98. The zero-order chi connectivity index (χ0) is 14.6. The molecule has 1 aromatic heterocycles. The van der Waals surface area contributed by atoms with E-state index in [4.69, 9.17) is 4.74 Å². The molecule has 5 heteroatoms. The minimum Gasteiger partial charge on any atom is -0.467 e. The lowest BCUT2D eigenvalue weighted by molar-refractivity contribution is -0.148. The number of thiophene rings is 1. The molecule has 0 bridgehead atoms. The zero-order valence-electron chi connectivity index (χ0n) is 11.4. The summed E-state index contributed by atoms with van der Waals surface area (Å²) in [7, 11) is 1.41. The Hall–Kier alpha value is -1.17. The van der Waals surface area contributed by atoms with Crippen LogP contribution in [0.15, 0.2) is 46.3 Å². The molecular formula is C15H16BrNO2S. The standard InChI is InChI=1S/C15H16BrNO2S/c1-15(14(18)19-2,11-5-7-12(16)8-6-11)17-10-13-4-3-9-20-13/h3-9,17H,10H2,1-2H3. The summed E-state index contributed by atoms with van der Waals surface area (Å²) in [5.41, 5.74) is 0.0171. The van der Waals surface area contributed by atoms with Crippen molar-refractivity contribution in [3.63, 3.8) is 0 Å². The topological polar surface area (TPSA) is 38.3 Å². The zero-order valence-corrected chi connectivity index (χ0v) is 13.8. The first-order chi connectivity index (χ1) is 9.56. The van der Waals surface area contributed by atoms with E-state index in [9.17, 15) is 4.79 Å². The summed E-state index contributed by atoms with van der Waals surface area (Å²) in [6.45, 7) is 2.47. The number of carbonyl (C=O) groups is 1. The summed E-state index contributed by atoms with van der Waals surface area (Å²) >= 11 is 5.06. The Morgan fingerprint density at radius 2 is 2.05 bits per heavy atom. The Kier molecular flexibility index (Phi) is 4.96. The van der Waals surface area contributed by atoms with Crippen molar-refractivity contribution in [2.45, 2.75) is 19.0 Å². The third-order valence-electron chi connectivity index (χ3n) is 3.21. The van der Waals surface area contributed by atoms with Crippen LogP contribution in [0, 0.1) is 0 Å². The summed E-state index contributed by atoms with van der Waals surface area (Å²) in [4.78, 5) is 13.4. The van der Waals surface area contributed by atoms with Crippen LogP contribution in [0.5, 0.6) is 0 Å². The van der Waals surface area contributed by atoms with Crippen molar-refractivity contribution in [2.24, 2.45) is 0 Å². The maximum absolute atomic E-state index is 12.2. The van der Waals surface area contributed by atoms with Crippen molar-refractivity contribution in [1.82, 2.24) is 5.32 Å². The number of hydrogen-bond acceptors (Lipinski definition) is 4. The first-order valence-electron chi connectivity index (χ1n) is 6.18. The number of halogens is 1. The van der Waals surface area contributed by atoms with Gasteiger partial charge in [-0.05, 0) is 36.1 Å². The minimum atomic E-state index is -0.862. The van der Waals surface area contributed by atoms with Gasteiger partial charge in [0.25, 0.3) is 0 Å². The van der Waals surface area contributed by atoms with Crippen molar-refractivity contribution in [1.29, 1.82) is 0 Å². The molecule has 1 heterocycles. The highest BCUT2D eigenvalue weighted by Gasteiger charge is 2.35. The van der Waals surface area contributed by atoms with Crippen LogP contribution < -0.4 is 5.32 Å². The fourth-order valence-electron chi connectivity index (χ4n) is 1.96. The van der Waals surface area contributed by atoms with E-state index in [-0.39, 0.29) is 5.97 Å². The molecule has 3 nitrogen and oxygen atoms in total. The first kappa shape index (κ1) is 15.2. The molecule has 0 aliphatic heterocycles. The number of methoxy groups -OCH3 is 1. The summed E-state index contributed by atoms with van der Waals surface area (Å²) in [6.07, 6.45) is 0. The lowest BCUT2D eigenvalue weighted by atomic mass is 9.92. The van der Waals surface area contributed by atoms with Gasteiger partial charge in [-0.1, -0.05) is 34.1 Å². The second-order valence-electron chi connectivity index (χ2n) is 4.56. The van der Waals surface area contributed by atoms with Crippen LogP contribution in [0.4, 0.5) is 0 Å². The Morgan fingerprint density at radius 1 is 1.35 bits per heavy atom. The highest BCUT2D eigenvalue weighted by molar-refractivity contribution is 9.10. The molecule has 1 unspecified atom stereocenters. The number of hydrogen-bond donors (Lipinski definition) is 1. The molecule has 0 aliphatic rings. The van der Waals surface area contributed by atoms with Gasteiger partial charge in [-0.25, -0.2) is 4.79 Å². The van der Waals surface area contributed by atoms with Crippen molar-refractivity contribution in [2.75, 3.05) is 7.11 Å². The van der Waals surface area contributed by atoms with Crippen molar-refractivity contribution in [3.8, 4) is 0 Å². The smallest absolute Gasteiger partial charge is 0.330 e. The molecule has 2 rings (SSSR count). The monoisotopic (exact) mass is 353 g/mol. The minimum absolute atomic E-state index is 0.295. The number of benzene rings is 1. The van der Waals surface area contributed by atoms with Crippen molar-refractivity contribution >= 4 is 33.2 Å². The van der Waals surface area contributed by atoms with Gasteiger partial charge in [-0.15, -0.1) is 11.3 Å². The SMILES string of the molecule is COC(=O)C(C)(NCc1cccs1)c1ccc(Br)cc1. The van der Waals surface area contributed by atoms with Gasteiger partial charge in [0.2, 0.25) is 0 Å². The molecule has 20 heavy (non-hydrogen) atoms. The van der Waals surface area contributed by atoms with Gasteiger partial charge in [0.15, 0.2) is 0 Å². The quantitative estimate of drug-likeness (QED) is 0.833. The van der Waals surface area contributed by atoms with Crippen LogP contribution in [-0.2, 0) is 21.6 Å². The Morgan fingerprint density at radius 3 is 2.60 bits per heavy atom. The number of nitrogens with one attached hydrogen (secondary N) is 1. The highest BCUT2D eigenvalue weighted by Crippen LogP contribution is 2.25. The molecule has 1 N–H and O–H groups in total. The van der Waals surface area contributed by atoms with Gasteiger partial charge in [-0.3, -0.25) is 5.32 Å². The van der Waals surface area contributed by atoms with Crippen LogP contribution >= 0.6 is 27.3 Å². The molecule has 0 amide bonds. The Labute approximate surface area is 131 Å². The summed E-state index contributed by atoms with van der Waals surface area (Å²) in [6, 6.07) is 11.7. The van der Waals surface area contributed by atoms with Crippen LogP contribution in [0.3, 0.4) is 0 Å². The normalized spacial score (nSPS) is 13.8. The molecule has 0 aliphatic carbocycles. The van der Waals surface area contributed by atoms with E-state index < -0.39 is 5.54 Å². The number of esters is 1. The second-order valence-corrected chi connectivity index (χ2v) is 6.50. The largest absolute Gasteiger partial charge is 0.467 e. The molecule has 106 valence electrons. The van der Waals surface area contributed by atoms with E-state index in [2.05, 4.69) is 21.2 Å². The van der Waals surface area contributed by atoms with E-state index >= 15 is 0 Å². The molecule has 0 spiro atoms. The van der Waals surface area contributed by atoms with Crippen molar-refractivity contribution < 1.29 is 9.53 Å². The highest BCUT2D eigenvalue weighted by atomic mass is 79.9. The Balaban J connectivity index is 2.25. The molecule has 1 atom stereocenters. The second kappa shape index (κ2) is 6.52. The third kappa shape index (κ3) is 3.29. The van der Waals surface area contributed by atoms with E-state index in [0.29, 0.717) is 6.54 Å². The van der Waals surface area contributed by atoms with Gasteiger partial charge in [0.1, 0.15) is 5.54 Å². The van der Waals surface area contributed by atoms with Crippen LogP contribution in [0.25, 0.3) is 0 Å². The molecule has 0 saturated heterocycles. The van der Waals surface area contributed by atoms with Gasteiger partial charge in [0, 0.05) is 15.9 Å². The van der Waals surface area contributed by atoms with Gasteiger partial charge in [-0.2, -0.15) is 0 Å². The molecule has 2 aromatic rings. The average molecular weight is 354 g/mol. The molecule has 0 radical (unpaired) electrons.